The van der Waals surface area contributed by atoms with Gasteiger partial charge in [-0.15, -0.1) is 11.6 Å². The summed E-state index contributed by atoms with van der Waals surface area (Å²) in [6, 6.07) is 0. The standard InChI is InChI=1S/C8H16ClNO2S2/c1-8(3-2-5-13-8)7-10-14(11,12)6-4-9/h10H,2-7H2,1H3. The number of halogens is 1. The van der Waals surface area contributed by atoms with E-state index in [1.54, 1.807) is 0 Å². The summed E-state index contributed by atoms with van der Waals surface area (Å²) in [6.07, 6.45) is 2.26. The molecular formula is C8H16ClNO2S2. The molecule has 1 saturated heterocycles. The summed E-state index contributed by atoms with van der Waals surface area (Å²) in [5.41, 5.74) is 0. The van der Waals surface area contributed by atoms with Gasteiger partial charge in [0.05, 0.1) is 5.75 Å². The minimum absolute atomic E-state index is 0.00923. The molecule has 0 aromatic rings. The van der Waals surface area contributed by atoms with E-state index in [2.05, 4.69) is 11.6 Å². The van der Waals surface area contributed by atoms with Crippen molar-refractivity contribution in [2.75, 3.05) is 23.9 Å². The maximum atomic E-state index is 11.3. The molecular weight excluding hydrogens is 242 g/mol. The fourth-order valence-electron chi connectivity index (χ4n) is 1.41. The molecule has 14 heavy (non-hydrogen) atoms. The van der Waals surface area contributed by atoms with Crippen LogP contribution in [0.1, 0.15) is 19.8 Å². The summed E-state index contributed by atoms with van der Waals surface area (Å²) in [4.78, 5) is 0. The molecule has 0 aromatic heterocycles. The second-order valence-corrected chi connectivity index (χ2v) is 7.72. The number of hydrogen-bond donors (Lipinski definition) is 1. The summed E-state index contributed by atoms with van der Waals surface area (Å²) in [5, 5.41) is 0. The molecule has 1 fully saturated rings. The lowest BCUT2D eigenvalue weighted by Gasteiger charge is -2.22. The Labute approximate surface area is 95.0 Å². The average Bonchev–Trinajstić information content (AvgIpc) is 2.50. The molecule has 84 valence electrons. The van der Waals surface area contributed by atoms with Crippen molar-refractivity contribution in [1.29, 1.82) is 0 Å². The predicted octanol–water partition coefficient (Wildman–Crippen LogP) is 1.43. The highest BCUT2D eigenvalue weighted by atomic mass is 35.5. The van der Waals surface area contributed by atoms with Gasteiger partial charge in [-0.1, -0.05) is 0 Å². The third kappa shape index (κ3) is 3.96. The Bertz CT molecular complexity index is 273. The Hall–Kier alpha value is 0.550. The molecule has 6 heteroatoms. The minimum atomic E-state index is -3.15. The van der Waals surface area contributed by atoms with Gasteiger partial charge < -0.3 is 0 Å². The number of alkyl halides is 1. The highest BCUT2D eigenvalue weighted by Gasteiger charge is 2.30. The monoisotopic (exact) mass is 257 g/mol. The van der Waals surface area contributed by atoms with Crippen LogP contribution < -0.4 is 4.72 Å². The van der Waals surface area contributed by atoms with Crippen molar-refractivity contribution >= 4 is 33.4 Å². The first-order valence-electron chi connectivity index (χ1n) is 4.65. The van der Waals surface area contributed by atoms with Gasteiger partial charge in [-0.3, -0.25) is 0 Å². The van der Waals surface area contributed by atoms with E-state index in [1.165, 1.54) is 6.42 Å². The third-order valence-corrected chi connectivity index (χ3v) is 5.59. The number of thioether (sulfide) groups is 1. The first-order chi connectivity index (χ1) is 6.47. The number of hydrogen-bond acceptors (Lipinski definition) is 3. The van der Waals surface area contributed by atoms with Gasteiger partial charge in [-0.2, -0.15) is 11.8 Å². The molecule has 1 aliphatic rings. The van der Waals surface area contributed by atoms with E-state index in [0.29, 0.717) is 6.54 Å². The van der Waals surface area contributed by atoms with E-state index in [1.807, 2.05) is 11.8 Å². The summed E-state index contributed by atoms with van der Waals surface area (Å²) < 4.78 is 25.3. The van der Waals surface area contributed by atoms with Gasteiger partial charge in [0.25, 0.3) is 0 Å². The van der Waals surface area contributed by atoms with Crippen molar-refractivity contribution in [2.45, 2.75) is 24.5 Å². The van der Waals surface area contributed by atoms with Crippen LogP contribution in [0.5, 0.6) is 0 Å². The fraction of sp³-hybridized carbons (Fsp3) is 1.00. The molecule has 0 amide bonds. The van der Waals surface area contributed by atoms with Crippen LogP contribution in [-0.4, -0.2) is 37.1 Å². The van der Waals surface area contributed by atoms with Gasteiger partial charge in [0.1, 0.15) is 0 Å². The van der Waals surface area contributed by atoms with E-state index in [0.717, 1.165) is 12.2 Å². The Morgan fingerprint density at radius 2 is 2.29 bits per heavy atom. The van der Waals surface area contributed by atoms with Gasteiger partial charge in [0.2, 0.25) is 10.0 Å². The van der Waals surface area contributed by atoms with Crippen LogP contribution in [0, 0.1) is 0 Å². The molecule has 3 nitrogen and oxygen atoms in total. The van der Waals surface area contributed by atoms with Crippen molar-refractivity contribution in [3.05, 3.63) is 0 Å². The Kier molecular flexibility index (Phi) is 4.56. The summed E-state index contributed by atoms with van der Waals surface area (Å²) in [7, 11) is -3.15. The van der Waals surface area contributed by atoms with Gasteiger partial charge in [0, 0.05) is 17.2 Å². The van der Waals surface area contributed by atoms with Crippen LogP contribution in [0.2, 0.25) is 0 Å². The van der Waals surface area contributed by atoms with Gasteiger partial charge in [-0.25, -0.2) is 13.1 Å². The highest BCUT2D eigenvalue weighted by Crippen LogP contribution is 2.37. The van der Waals surface area contributed by atoms with Crippen molar-refractivity contribution in [1.82, 2.24) is 4.72 Å². The lowest BCUT2D eigenvalue weighted by molar-refractivity contribution is 0.553. The van der Waals surface area contributed by atoms with Crippen LogP contribution in [0.3, 0.4) is 0 Å². The molecule has 0 aliphatic carbocycles. The lowest BCUT2D eigenvalue weighted by atomic mass is 10.1. The molecule has 0 aromatic carbocycles. The van der Waals surface area contributed by atoms with Gasteiger partial charge in [-0.05, 0) is 25.5 Å². The molecule has 1 rings (SSSR count). The highest BCUT2D eigenvalue weighted by molar-refractivity contribution is 8.01. The topological polar surface area (TPSA) is 46.2 Å². The predicted molar refractivity (Wildman–Crippen MR) is 62.6 cm³/mol. The lowest BCUT2D eigenvalue weighted by Crippen LogP contribution is -2.38. The SMILES string of the molecule is CC1(CNS(=O)(=O)CCCl)CCCS1. The molecule has 1 heterocycles. The first kappa shape index (κ1) is 12.6. The molecule has 0 bridgehead atoms. The molecule has 0 radical (unpaired) electrons. The van der Waals surface area contributed by atoms with Crippen molar-refractivity contribution in [2.24, 2.45) is 0 Å². The van der Waals surface area contributed by atoms with E-state index in [9.17, 15) is 8.42 Å². The smallest absolute Gasteiger partial charge is 0.212 e. The Morgan fingerprint density at radius 1 is 1.57 bits per heavy atom. The number of nitrogens with one attached hydrogen (secondary N) is 1. The van der Waals surface area contributed by atoms with E-state index >= 15 is 0 Å². The summed E-state index contributed by atoms with van der Waals surface area (Å²) in [6.45, 7) is 2.63. The average molecular weight is 258 g/mol. The number of rotatable bonds is 5. The second kappa shape index (κ2) is 5.05. The Balaban J connectivity index is 2.39. The van der Waals surface area contributed by atoms with Crippen LogP contribution in [-0.2, 0) is 10.0 Å². The molecule has 1 unspecified atom stereocenters. The van der Waals surface area contributed by atoms with Crippen molar-refractivity contribution in [3.63, 3.8) is 0 Å². The molecule has 1 aliphatic heterocycles. The third-order valence-electron chi connectivity index (χ3n) is 2.31. The number of sulfonamides is 1. The van der Waals surface area contributed by atoms with E-state index in [-0.39, 0.29) is 16.4 Å². The maximum absolute atomic E-state index is 11.3. The summed E-state index contributed by atoms with van der Waals surface area (Å²) in [5.74, 6) is 1.29. The van der Waals surface area contributed by atoms with E-state index in [4.69, 9.17) is 11.6 Å². The van der Waals surface area contributed by atoms with Crippen molar-refractivity contribution < 1.29 is 8.42 Å². The quantitative estimate of drug-likeness (QED) is 0.758. The van der Waals surface area contributed by atoms with Gasteiger partial charge >= 0.3 is 0 Å². The van der Waals surface area contributed by atoms with Crippen LogP contribution in [0.4, 0.5) is 0 Å². The fourth-order valence-corrected chi connectivity index (χ4v) is 4.24. The zero-order valence-electron chi connectivity index (χ0n) is 8.25. The normalized spacial score (nSPS) is 28.1. The maximum Gasteiger partial charge on any atom is 0.212 e. The van der Waals surface area contributed by atoms with E-state index < -0.39 is 10.0 Å². The largest absolute Gasteiger partial charge is 0.214 e. The van der Waals surface area contributed by atoms with Crippen molar-refractivity contribution in [3.8, 4) is 0 Å². The van der Waals surface area contributed by atoms with Gasteiger partial charge in [0.15, 0.2) is 0 Å². The first-order valence-corrected chi connectivity index (χ1v) is 7.82. The molecule has 1 atom stereocenters. The zero-order chi connectivity index (χ0) is 10.7. The summed E-state index contributed by atoms with van der Waals surface area (Å²) >= 11 is 7.24. The Morgan fingerprint density at radius 3 is 2.79 bits per heavy atom. The zero-order valence-corrected chi connectivity index (χ0v) is 10.6. The van der Waals surface area contributed by atoms with Crippen LogP contribution in [0.15, 0.2) is 0 Å². The van der Waals surface area contributed by atoms with Crippen LogP contribution in [0.25, 0.3) is 0 Å². The second-order valence-electron chi connectivity index (χ2n) is 3.73. The minimum Gasteiger partial charge on any atom is -0.214 e. The van der Waals surface area contributed by atoms with Crippen LogP contribution >= 0.6 is 23.4 Å². The molecule has 1 N–H and O–H groups in total. The molecule has 0 saturated carbocycles. The molecule has 0 spiro atoms.